The summed E-state index contributed by atoms with van der Waals surface area (Å²) in [6.07, 6.45) is 4.50. The second-order valence-electron chi connectivity index (χ2n) is 7.38. The number of nitrogens with one attached hydrogen (secondary N) is 1. The van der Waals surface area contributed by atoms with Gasteiger partial charge in [0.15, 0.2) is 0 Å². The molecule has 0 spiro atoms. The molecule has 6 nitrogen and oxygen atoms in total. The quantitative estimate of drug-likeness (QED) is 0.884. The van der Waals surface area contributed by atoms with Crippen molar-refractivity contribution in [1.82, 2.24) is 20.0 Å². The van der Waals surface area contributed by atoms with Crippen LogP contribution < -0.4 is 5.32 Å². The third kappa shape index (κ3) is 3.80. The van der Waals surface area contributed by atoms with Crippen molar-refractivity contribution in [3.05, 3.63) is 42.1 Å². The lowest BCUT2D eigenvalue weighted by Gasteiger charge is -2.34. The number of hydrogen-bond acceptors (Lipinski definition) is 4. The Hall–Kier alpha value is -2.22. The third-order valence-electron chi connectivity index (χ3n) is 5.15. The molecule has 0 saturated heterocycles. The highest BCUT2D eigenvalue weighted by molar-refractivity contribution is 5.79. The molecule has 4 rings (SSSR count). The molecular weight excluding hydrogens is 342 g/mol. The number of carbonyl (C=O) groups is 1. The minimum atomic E-state index is -2.67. The molecule has 1 unspecified atom stereocenters. The first-order valence-electron chi connectivity index (χ1n) is 8.88. The van der Waals surface area contributed by atoms with E-state index < -0.39 is 11.8 Å². The number of hydrogen-bond donors (Lipinski definition) is 1. The van der Waals surface area contributed by atoms with Gasteiger partial charge in [0.2, 0.25) is 11.8 Å². The second-order valence-corrected chi connectivity index (χ2v) is 7.38. The summed E-state index contributed by atoms with van der Waals surface area (Å²) in [6.45, 7) is 3.47. The molecule has 1 saturated carbocycles. The van der Waals surface area contributed by atoms with E-state index in [0.717, 1.165) is 30.9 Å². The van der Waals surface area contributed by atoms with Gasteiger partial charge < -0.3 is 9.73 Å². The van der Waals surface area contributed by atoms with Crippen molar-refractivity contribution in [3.8, 4) is 0 Å². The summed E-state index contributed by atoms with van der Waals surface area (Å²) in [7, 11) is 0. The summed E-state index contributed by atoms with van der Waals surface area (Å²) in [5.41, 5.74) is 2.22. The molecule has 0 bridgehead atoms. The summed E-state index contributed by atoms with van der Waals surface area (Å²) >= 11 is 0. The molecule has 1 fully saturated rings. The Bertz CT molecular complexity index is 751. The predicted molar refractivity (Wildman–Crippen MR) is 89.2 cm³/mol. The first kappa shape index (κ1) is 17.2. The maximum Gasteiger partial charge on any atom is 0.249 e. The Labute approximate surface area is 150 Å². The maximum absolute atomic E-state index is 13.0. The lowest BCUT2D eigenvalue weighted by molar-refractivity contribution is -0.150. The molecule has 8 heteroatoms. The van der Waals surface area contributed by atoms with Crippen molar-refractivity contribution in [2.45, 2.75) is 38.4 Å². The highest BCUT2D eigenvalue weighted by Gasteiger charge is 2.48. The van der Waals surface area contributed by atoms with Crippen LogP contribution in [0.3, 0.4) is 0 Å². The first-order chi connectivity index (χ1) is 12.5. The van der Waals surface area contributed by atoms with Crippen molar-refractivity contribution >= 4 is 5.91 Å². The Balaban J connectivity index is 1.37. The minimum Gasteiger partial charge on any atom is -0.472 e. The number of halogens is 2. The maximum atomic E-state index is 13.0. The zero-order valence-electron chi connectivity index (χ0n) is 14.4. The van der Waals surface area contributed by atoms with Gasteiger partial charge in [-0.15, -0.1) is 0 Å². The lowest BCUT2D eigenvalue weighted by Crippen LogP contribution is -2.46. The van der Waals surface area contributed by atoms with E-state index in [1.165, 1.54) is 0 Å². The molecular formula is C18H22F2N4O2. The molecule has 2 aromatic heterocycles. The number of nitrogens with zero attached hydrogens (tertiary/aromatic N) is 3. The lowest BCUT2D eigenvalue weighted by atomic mass is 9.80. The van der Waals surface area contributed by atoms with Crippen LogP contribution >= 0.6 is 0 Å². The summed E-state index contributed by atoms with van der Waals surface area (Å²) in [6, 6.07) is 3.94. The molecule has 2 aromatic rings. The monoisotopic (exact) mass is 364 g/mol. The van der Waals surface area contributed by atoms with Crippen LogP contribution in [0.4, 0.5) is 8.78 Å². The largest absolute Gasteiger partial charge is 0.472 e. The molecule has 0 aromatic carbocycles. The van der Waals surface area contributed by atoms with E-state index in [1.807, 2.05) is 16.8 Å². The fourth-order valence-electron chi connectivity index (χ4n) is 3.75. The van der Waals surface area contributed by atoms with E-state index >= 15 is 0 Å². The average molecular weight is 364 g/mol. The van der Waals surface area contributed by atoms with E-state index in [2.05, 4.69) is 15.3 Å². The minimum absolute atomic E-state index is 0.160. The van der Waals surface area contributed by atoms with Crippen molar-refractivity contribution in [2.24, 2.45) is 11.8 Å². The van der Waals surface area contributed by atoms with Crippen molar-refractivity contribution in [1.29, 1.82) is 0 Å². The molecule has 2 aliphatic rings. The Morgan fingerprint density at radius 2 is 2.19 bits per heavy atom. The van der Waals surface area contributed by atoms with E-state index in [9.17, 15) is 13.6 Å². The van der Waals surface area contributed by atoms with Gasteiger partial charge in [0.1, 0.15) is 0 Å². The van der Waals surface area contributed by atoms with Crippen LogP contribution in [0.2, 0.25) is 0 Å². The summed E-state index contributed by atoms with van der Waals surface area (Å²) in [5, 5.41) is 7.23. The SMILES string of the molecule is O=C(NCC1CN(Cc2ccoc2)Cc2ccnn2C1)C1CC(F)(F)C1. The standard InChI is InChI=1S/C18H22F2N4O2/c19-18(20)5-15(6-18)17(25)21-7-14-9-23(8-13-2-4-26-12-13)11-16-1-3-22-24(16)10-14/h1-4,12,14-15H,5-11H2,(H,21,25). The van der Waals surface area contributed by atoms with Gasteiger partial charge in [-0.3, -0.25) is 14.4 Å². The average Bonchev–Trinajstić information content (AvgIpc) is 3.19. The zero-order valence-corrected chi connectivity index (χ0v) is 14.4. The van der Waals surface area contributed by atoms with Crippen molar-refractivity contribution in [3.63, 3.8) is 0 Å². The molecule has 0 radical (unpaired) electrons. The van der Waals surface area contributed by atoms with Crippen LogP contribution in [-0.4, -0.2) is 39.6 Å². The first-order valence-corrected chi connectivity index (χ1v) is 8.88. The predicted octanol–water partition coefficient (Wildman–Crippen LogP) is 2.27. The van der Waals surface area contributed by atoms with Crippen LogP contribution in [0.15, 0.2) is 35.3 Å². The van der Waals surface area contributed by atoms with Gasteiger partial charge in [0.05, 0.1) is 18.2 Å². The van der Waals surface area contributed by atoms with Crippen LogP contribution in [0.25, 0.3) is 0 Å². The number of aromatic nitrogens is 2. The van der Waals surface area contributed by atoms with Crippen LogP contribution in [0.5, 0.6) is 0 Å². The zero-order chi connectivity index (χ0) is 18.1. The van der Waals surface area contributed by atoms with Gasteiger partial charge in [-0.1, -0.05) is 0 Å². The number of rotatable bonds is 5. The third-order valence-corrected chi connectivity index (χ3v) is 5.15. The number of alkyl halides is 2. The molecule has 1 amide bonds. The number of furan rings is 1. The smallest absolute Gasteiger partial charge is 0.249 e. The van der Waals surface area contributed by atoms with E-state index in [4.69, 9.17) is 4.42 Å². The summed E-state index contributed by atoms with van der Waals surface area (Å²) in [5.74, 6) is -3.33. The van der Waals surface area contributed by atoms with Crippen LogP contribution in [0.1, 0.15) is 24.1 Å². The topological polar surface area (TPSA) is 63.3 Å². The van der Waals surface area contributed by atoms with Crippen LogP contribution in [-0.2, 0) is 24.4 Å². The number of fused-ring (bicyclic) bond motifs is 1. The highest BCUT2D eigenvalue weighted by Crippen LogP contribution is 2.42. The molecule has 1 aliphatic heterocycles. The second kappa shape index (κ2) is 6.83. The number of amides is 1. The molecule has 1 aliphatic carbocycles. The Kier molecular flexibility index (Phi) is 4.52. The fraction of sp³-hybridized carbons (Fsp3) is 0.556. The Morgan fingerprint density at radius 3 is 2.92 bits per heavy atom. The van der Waals surface area contributed by atoms with Gasteiger partial charge in [-0.25, -0.2) is 8.78 Å². The summed E-state index contributed by atoms with van der Waals surface area (Å²) in [4.78, 5) is 14.4. The molecule has 3 heterocycles. The van der Waals surface area contributed by atoms with Gasteiger partial charge in [-0.05, 0) is 12.1 Å². The van der Waals surface area contributed by atoms with Gasteiger partial charge >= 0.3 is 0 Å². The van der Waals surface area contributed by atoms with E-state index in [1.54, 1.807) is 18.7 Å². The van der Waals surface area contributed by atoms with Crippen molar-refractivity contribution < 1.29 is 18.0 Å². The van der Waals surface area contributed by atoms with Gasteiger partial charge in [0.25, 0.3) is 0 Å². The molecule has 1 N–H and O–H groups in total. The molecule has 26 heavy (non-hydrogen) atoms. The normalized spacial score (nSPS) is 23.1. The van der Waals surface area contributed by atoms with Crippen molar-refractivity contribution in [2.75, 3.05) is 13.1 Å². The van der Waals surface area contributed by atoms with Crippen LogP contribution in [0, 0.1) is 11.8 Å². The molecule has 140 valence electrons. The summed E-state index contributed by atoms with van der Waals surface area (Å²) < 4.78 is 33.0. The van der Waals surface area contributed by atoms with Gasteiger partial charge in [0, 0.05) is 69.2 Å². The fourth-order valence-corrected chi connectivity index (χ4v) is 3.75. The number of carbonyl (C=O) groups excluding carboxylic acids is 1. The highest BCUT2D eigenvalue weighted by atomic mass is 19.3. The van der Waals surface area contributed by atoms with E-state index in [-0.39, 0.29) is 24.7 Å². The van der Waals surface area contributed by atoms with E-state index in [0.29, 0.717) is 13.1 Å². The Morgan fingerprint density at radius 1 is 1.35 bits per heavy atom. The van der Waals surface area contributed by atoms with Gasteiger partial charge in [-0.2, -0.15) is 5.10 Å². The molecule has 1 atom stereocenters.